The number of rotatable bonds is 2. The molecule has 0 radical (unpaired) electrons. The topological polar surface area (TPSA) is 43.6 Å². The zero-order chi connectivity index (χ0) is 12.4. The highest BCUT2D eigenvalue weighted by Crippen LogP contribution is 2.18. The van der Waals surface area contributed by atoms with Crippen LogP contribution in [0.3, 0.4) is 0 Å². The van der Waals surface area contributed by atoms with E-state index in [2.05, 4.69) is 61.9 Å². The molecule has 4 nitrogen and oxygen atoms in total. The van der Waals surface area contributed by atoms with Gasteiger partial charge in [-0.3, -0.25) is 0 Å². The van der Waals surface area contributed by atoms with Gasteiger partial charge in [0, 0.05) is 27.7 Å². The van der Waals surface area contributed by atoms with Crippen LogP contribution in [0.4, 0.5) is 0 Å². The van der Waals surface area contributed by atoms with E-state index < -0.39 is 0 Å². The Labute approximate surface area is 118 Å². The first-order valence-electron chi connectivity index (χ1n) is 5.42. The Hall–Kier alpha value is -1.76. The molecule has 0 aliphatic carbocycles. The summed E-state index contributed by atoms with van der Waals surface area (Å²) in [5.74, 6) is 0.578. The number of halogens is 1. The summed E-state index contributed by atoms with van der Waals surface area (Å²) in [6.45, 7) is 0. The molecule has 0 atom stereocenters. The van der Waals surface area contributed by atoms with Crippen molar-refractivity contribution in [1.82, 2.24) is 19.7 Å². The lowest BCUT2D eigenvalue weighted by Gasteiger charge is -1.98. The highest BCUT2D eigenvalue weighted by atomic mass is 127. The summed E-state index contributed by atoms with van der Waals surface area (Å²) < 4.78 is 2.88. The summed E-state index contributed by atoms with van der Waals surface area (Å²) in [6.07, 6.45) is 5.27. The summed E-state index contributed by atoms with van der Waals surface area (Å²) in [4.78, 5) is 8.32. The highest BCUT2D eigenvalue weighted by Gasteiger charge is 2.04. The fourth-order valence-corrected chi connectivity index (χ4v) is 1.98. The minimum atomic E-state index is 0.578. The zero-order valence-corrected chi connectivity index (χ0v) is 11.5. The van der Waals surface area contributed by atoms with Gasteiger partial charge in [0.15, 0.2) is 0 Å². The molecule has 3 rings (SSSR count). The van der Waals surface area contributed by atoms with Crippen molar-refractivity contribution >= 4 is 22.6 Å². The predicted molar refractivity (Wildman–Crippen MR) is 77.3 cm³/mol. The van der Waals surface area contributed by atoms with Gasteiger partial charge in [0.05, 0.1) is 5.69 Å². The van der Waals surface area contributed by atoms with Gasteiger partial charge in [-0.1, -0.05) is 12.1 Å². The van der Waals surface area contributed by atoms with Crippen LogP contribution in [0.1, 0.15) is 0 Å². The van der Waals surface area contributed by atoms with Gasteiger partial charge in [-0.2, -0.15) is 5.10 Å². The third-order valence-corrected chi connectivity index (χ3v) is 3.21. The molecule has 2 aromatic heterocycles. The smallest absolute Gasteiger partial charge is 0.220 e. The SMILES string of the molecule is Ic1ccc(-c2ccn(-c3ncccn3)n2)cc1. The Bertz CT molecular complexity index is 646. The molecular formula is C13H9IN4. The summed E-state index contributed by atoms with van der Waals surface area (Å²) in [5, 5.41) is 4.47. The minimum Gasteiger partial charge on any atom is -0.220 e. The summed E-state index contributed by atoms with van der Waals surface area (Å²) in [5.41, 5.74) is 2.00. The summed E-state index contributed by atoms with van der Waals surface area (Å²) >= 11 is 2.28. The normalized spacial score (nSPS) is 10.5. The molecule has 0 N–H and O–H groups in total. The fraction of sp³-hybridized carbons (Fsp3) is 0. The molecular weight excluding hydrogens is 339 g/mol. The maximum Gasteiger partial charge on any atom is 0.250 e. The van der Waals surface area contributed by atoms with Gasteiger partial charge in [0.25, 0.3) is 0 Å². The second-order valence-electron chi connectivity index (χ2n) is 3.70. The molecule has 0 aliphatic rings. The molecule has 0 amide bonds. The quantitative estimate of drug-likeness (QED) is 0.669. The van der Waals surface area contributed by atoms with Crippen LogP contribution in [0, 0.1) is 3.57 Å². The second-order valence-corrected chi connectivity index (χ2v) is 4.95. The molecule has 0 fully saturated rings. The van der Waals surface area contributed by atoms with Gasteiger partial charge in [-0.25, -0.2) is 14.6 Å². The average molecular weight is 348 g/mol. The van der Waals surface area contributed by atoms with Gasteiger partial charge in [0.2, 0.25) is 5.95 Å². The predicted octanol–water partition coefficient (Wildman–Crippen LogP) is 2.93. The molecule has 0 unspecified atom stereocenters. The van der Waals surface area contributed by atoms with E-state index in [1.807, 2.05) is 12.3 Å². The van der Waals surface area contributed by atoms with Crippen LogP contribution in [0.25, 0.3) is 17.2 Å². The Morgan fingerprint density at radius 3 is 2.39 bits per heavy atom. The van der Waals surface area contributed by atoms with Crippen LogP contribution in [0.5, 0.6) is 0 Å². The zero-order valence-electron chi connectivity index (χ0n) is 9.36. The van der Waals surface area contributed by atoms with Crippen LogP contribution < -0.4 is 0 Å². The minimum absolute atomic E-state index is 0.578. The van der Waals surface area contributed by atoms with Crippen LogP contribution in [-0.4, -0.2) is 19.7 Å². The van der Waals surface area contributed by atoms with E-state index in [1.54, 1.807) is 23.1 Å². The first kappa shape index (κ1) is 11.3. The van der Waals surface area contributed by atoms with Crippen molar-refractivity contribution in [3.05, 3.63) is 58.6 Å². The fourth-order valence-electron chi connectivity index (χ4n) is 1.62. The van der Waals surface area contributed by atoms with Crippen LogP contribution in [0.2, 0.25) is 0 Å². The molecule has 18 heavy (non-hydrogen) atoms. The number of hydrogen-bond donors (Lipinski definition) is 0. The van der Waals surface area contributed by atoms with Crippen molar-refractivity contribution in [3.8, 4) is 17.2 Å². The van der Waals surface area contributed by atoms with Crippen molar-refractivity contribution in [3.63, 3.8) is 0 Å². The molecule has 88 valence electrons. The standard InChI is InChI=1S/C13H9IN4/c14-11-4-2-10(3-5-11)12-6-9-18(17-12)13-15-7-1-8-16-13/h1-9H. The van der Waals surface area contributed by atoms with E-state index in [0.717, 1.165) is 11.3 Å². The first-order chi connectivity index (χ1) is 8.83. The van der Waals surface area contributed by atoms with Gasteiger partial charge in [0.1, 0.15) is 0 Å². The maximum atomic E-state index is 4.47. The van der Waals surface area contributed by atoms with Crippen molar-refractivity contribution in [2.75, 3.05) is 0 Å². The van der Waals surface area contributed by atoms with Crippen molar-refractivity contribution in [2.24, 2.45) is 0 Å². The third-order valence-electron chi connectivity index (χ3n) is 2.49. The monoisotopic (exact) mass is 348 g/mol. The Morgan fingerprint density at radius 1 is 0.944 bits per heavy atom. The van der Waals surface area contributed by atoms with Gasteiger partial charge in [-0.15, -0.1) is 0 Å². The maximum absolute atomic E-state index is 4.47. The van der Waals surface area contributed by atoms with E-state index in [0.29, 0.717) is 5.95 Å². The Kier molecular flexibility index (Phi) is 3.06. The molecule has 0 saturated heterocycles. The van der Waals surface area contributed by atoms with Crippen molar-refractivity contribution in [2.45, 2.75) is 0 Å². The molecule has 0 spiro atoms. The van der Waals surface area contributed by atoms with Gasteiger partial charge in [-0.05, 0) is 46.9 Å². The molecule has 0 bridgehead atoms. The van der Waals surface area contributed by atoms with Gasteiger partial charge >= 0.3 is 0 Å². The Balaban J connectivity index is 1.97. The summed E-state index contributed by atoms with van der Waals surface area (Å²) in [6, 6.07) is 12.0. The highest BCUT2D eigenvalue weighted by molar-refractivity contribution is 14.1. The third kappa shape index (κ3) is 2.26. The van der Waals surface area contributed by atoms with Crippen molar-refractivity contribution < 1.29 is 0 Å². The summed E-state index contributed by atoms with van der Waals surface area (Å²) in [7, 11) is 0. The van der Waals surface area contributed by atoms with Crippen LogP contribution in [-0.2, 0) is 0 Å². The number of nitrogens with zero attached hydrogens (tertiary/aromatic N) is 4. The molecule has 0 saturated carbocycles. The molecule has 2 heterocycles. The van der Waals surface area contributed by atoms with E-state index in [-0.39, 0.29) is 0 Å². The second kappa shape index (κ2) is 4.85. The van der Waals surface area contributed by atoms with Crippen LogP contribution in [0.15, 0.2) is 55.0 Å². The number of benzene rings is 1. The molecule has 0 aliphatic heterocycles. The molecule has 3 aromatic rings. The lowest BCUT2D eigenvalue weighted by Crippen LogP contribution is -2.00. The average Bonchev–Trinajstić information content (AvgIpc) is 2.90. The first-order valence-corrected chi connectivity index (χ1v) is 6.50. The lowest BCUT2D eigenvalue weighted by atomic mass is 10.2. The number of aromatic nitrogens is 4. The van der Waals surface area contributed by atoms with E-state index >= 15 is 0 Å². The largest absolute Gasteiger partial charge is 0.250 e. The molecule has 5 heteroatoms. The number of hydrogen-bond acceptors (Lipinski definition) is 3. The van der Waals surface area contributed by atoms with Gasteiger partial charge < -0.3 is 0 Å². The van der Waals surface area contributed by atoms with E-state index in [9.17, 15) is 0 Å². The van der Waals surface area contributed by atoms with Crippen LogP contribution >= 0.6 is 22.6 Å². The molecule has 1 aromatic carbocycles. The van der Waals surface area contributed by atoms with E-state index in [4.69, 9.17) is 0 Å². The Morgan fingerprint density at radius 2 is 1.67 bits per heavy atom. The lowest BCUT2D eigenvalue weighted by molar-refractivity contribution is 0.811. The van der Waals surface area contributed by atoms with Crippen molar-refractivity contribution in [1.29, 1.82) is 0 Å². The van der Waals surface area contributed by atoms with E-state index in [1.165, 1.54) is 3.57 Å².